The van der Waals surface area contributed by atoms with E-state index in [2.05, 4.69) is 18.4 Å². The molecule has 1 aromatic heterocycles. The Hall–Kier alpha value is -1.32. The molecule has 4 heteroatoms. The zero-order chi connectivity index (χ0) is 18.2. The van der Waals surface area contributed by atoms with E-state index in [1.165, 1.54) is 64.2 Å². The van der Waals surface area contributed by atoms with Crippen LogP contribution in [0.2, 0.25) is 0 Å². The molecule has 0 atom stereocenters. The summed E-state index contributed by atoms with van der Waals surface area (Å²) in [6, 6.07) is 0. The highest BCUT2D eigenvalue weighted by Crippen LogP contribution is 2.10. The summed E-state index contributed by atoms with van der Waals surface area (Å²) in [6.07, 6.45) is 21.3. The first kappa shape index (κ1) is 21.7. The van der Waals surface area contributed by atoms with Gasteiger partial charge >= 0.3 is 5.97 Å². The van der Waals surface area contributed by atoms with Crippen molar-refractivity contribution in [3.8, 4) is 0 Å². The summed E-state index contributed by atoms with van der Waals surface area (Å²) >= 11 is 0. The van der Waals surface area contributed by atoms with Crippen LogP contribution in [0.3, 0.4) is 0 Å². The second-order valence-corrected chi connectivity index (χ2v) is 7.08. The summed E-state index contributed by atoms with van der Waals surface area (Å²) in [4.78, 5) is 11.8. The van der Waals surface area contributed by atoms with Crippen molar-refractivity contribution in [2.24, 2.45) is 0 Å². The van der Waals surface area contributed by atoms with Crippen LogP contribution in [0.25, 0.3) is 0 Å². The van der Waals surface area contributed by atoms with Crippen molar-refractivity contribution >= 4 is 5.97 Å². The molecule has 4 nitrogen and oxygen atoms in total. The zero-order valence-electron chi connectivity index (χ0n) is 16.5. The van der Waals surface area contributed by atoms with Crippen LogP contribution in [0.5, 0.6) is 0 Å². The molecular weight excluding hydrogens is 312 g/mol. The van der Waals surface area contributed by atoms with Crippen LogP contribution in [0.15, 0.2) is 18.7 Å². The number of hydrogen-bond acceptors (Lipinski definition) is 2. The molecule has 0 aliphatic rings. The monoisotopic (exact) mass is 351 g/mol. The highest BCUT2D eigenvalue weighted by Gasteiger charge is 2.10. The molecule has 1 rings (SSSR count). The van der Waals surface area contributed by atoms with E-state index in [0.717, 1.165) is 19.4 Å². The van der Waals surface area contributed by atoms with Gasteiger partial charge in [0.1, 0.15) is 12.4 Å². The third-order valence-electron chi connectivity index (χ3n) is 4.59. The number of nitrogens with zero attached hydrogens (tertiary/aromatic N) is 2. The first-order valence-electron chi connectivity index (χ1n) is 10.5. The molecule has 1 heterocycles. The maximum atomic E-state index is 11.8. The van der Waals surface area contributed by atoms with E-state index in [4.69, 9.17) is 4.74 Å². The summed E-state index contributed by atoms with van der Waals surface area (Å²) in [5.74, 6) is -0.130. The molecule has 144 valence electrons. The summed E-state index contributed by atoms with van der Waals surface area (Å²) in [5, 5.41) is 0. The molecule has 0 fully saturated rings. The molecule has 0 spiro atoms. The van der Waals surface area contributed by atoms with E-state index in [-0.39, 0.29) is 5.97 Å². The van der Waals surface area contributed by atoms with Crippen LogP contribution in [0.4, 0.5) is 0 Å². The minimum Gasteiger partial charge on any atom is -0.463 e. The van der Waals surface area contributed by atoms with Crippen molar-refractivity contribution in [2.75, 3.05) is 6.61 Å². The Bertz CT molecular complexity index is 443. The maximum absolute atomic E-state index is 11.8. The molecule has 25 heavy (non-hydrogen) atoms. The lowest BCUT2D eigenvalue weighted by molar-refractivity contribution is -0.685. The average Bonchev–Trinajstić information content (AvgIpc) is 3.05. The van der Waals surface area contributed by atoms with Gasteiger partial charge in [-0.25, -0.2) is 13.9 Å². The van der Waals surface area contributed by atoms with E-state index in [0.29, 0.717) is 13.2 Å². The molecule has 0 aliphatic heterocycles. The van der Waals surface area contributed by atoms with Crippen molar-refractivity contribution in [3.05, 3.63) is 18.7 Å². The van der Waals surface area contributed by atoms with Crippen molar-refractivity contribution in [2.45, 2.75) is 104 Å². The normalized spacial score (nSPS) is 11.0. The van der Waals surface area contributed by atoms with Gasteiger partial charge < -0.3 is 4.74 Å². The summed E-state index contributed by atoms with van der Waals surface area (Å²) < 4.78 is 9.36. The van der Waals surface area contributed by atoms with Gasteiger partial charge in [-0.05, 0) is 12.8 Å². The molecular formula is C21H39N2O2+. The van der Waals surface area contributed by atoms with Crippen LogP contribution in [-0.2, 0) is 22.6 Å². The Morgan fingerprint density at radius 2 is 1.48 bits per heavy atom. The molecule has 0 aliphatic carbocycles. The predicted octanol–water partition coefficient (Wildman–Crippen LogP) is 5.04. The number of ether oxygens (including phenoxy) is 1. The van der Waals surface area contributed by atoms with Crippen molar-refractivity contribution in [1.82, 2.24) is 4.57 Å². The molecule has 0 N–H and O–H groups in total. The van der Waals surface area contributed by atoms with Gasteiger partial charge in [0.05, 0.1) is 13.2 Å². The van der Waals surface area contributed by atoms with Gasteiger partial charge in [-0.15, -0.1) is 0 Å². The van der Waals surface area contributed by atoms with Gasteiger partial charge in [0, 0.05) is 0 Å². The smallest absolute Gasteiger partial charge is 0.348 e. The van der Waals surface area contributed by atoms with Crippen LogP contribution < -0.4 is 4.57 Å². The Kier molecular flexibility index (Phi) is 13.0. The number of rotatable bonds is 16. The number of hydrogen-bond donors (Lipinski definition) is 0. The Morgan fingerprint density at radius 3 is 2.12 bits per heavy atom. The van der Waals surface area contributed by atoms with Crippen LogP contribution in [0.1, 0.15) is 90.9 Å². The Morgan fingerprint density at radius 1 is 0.880 bits per heavy atom. The molecule has 0 saturated carbocycles. The number of esters is 1. The largest absolute Gasteiger partial charge is 0.463 e. The molecule has 0 radical (unpaired) electrons. The summed E-state index contributed by atoms with van der Waals surface area (Å²) in [5.41, 5.74) is 0. The van der Waals surface area contributed by atoms with E-state index in [1.807, 2.05) is 23.3 Å². The van der Waals surface area contributed by atoms with Gasteiger partial charge in [0.2, 0.25) is 6.33 Å². The molecule has 1 aromatic rings. The first-order valence-corrected chi connectivity index (χ1v) is 10.5. The average molecular weight is 352 g/mol. The lowest BCUT2D eigenvalue weighted by Crippen LogP contribution is -2.36. The number of carbonyl (C=O) groups is 1. The summed E-state index contributed by atoms with van der Waals surface area (Å²) in [6.45, 7) is 6.33. The van der Waals surface area contributed by atoms with Gasteiger partial charge in [0.15, 0.2) is 6.54 Å². The first-order chi connectivity index (χ1) is 12.3. The fourth-order valence-electron chi connectivity index (χ4n) is 2.98. The fraction of sp³-hybridized carbons (Fsp3) is 0.810. The topological polar surface area (TPSA) is 35.1 Å². The molecule has 0 amide bonds. The number of unbranched alkanes of at least 4 members (excludes halogenated alkanes) is 10. The maximum Gasteiger partial charge on any atom is 0.348 e. The number of aryl methyl sites for hydroxylation is 1. The lowest BCUT2D eigenvalue weighted by atomic mass is 10.1. The Balaban J connectivity index is 1.94. The van der Waals surface area contributed by atoms with Crippen LogP contribution in [-0.4, -0.2) is 17.1 Å². The minimum absolute atomic E-state index is 0.130. The number of carbonyl (C=O) groups excluding carboxylic acids is 1. The third-order valence-corrected chi connectivity index (χ3v) is 4.59. The van der Waals surface area contributed by atoms with Crippen LogP contribution >= 0.6 is 0 Å². The number of aromatic nitrogens is 2. The molecule has 0 unspecified atom stereocenters. The van der Waals surface area contributed by atoms with E-state index < -0.39 is 0 Å². The summed E-state index contributed by atoms with van der Waals surface area (Å²) in [7, 11) is 0. The zero-order valence-corrected chi connectivity index (χ0v) is 16.5. The van der Waals surface area contributed by atoms with Gasteiger partial charge in [-0.3, -0.25) is 0 Å². The Labute approximate surface area is 154 Å². The lowest BCUT2D eigenvalue weighted by Gasteiger charge is -2.04. The van der Waals surface area contributed by atoms with E-state index in [9.17, 15) is 4.79 Å². The van der Waals surface area contributed by atoms with Crippen LogP contribution in [0, 0.1) is 0 Å². The quantitative estimate of drug-likeness (QED) is 0.238. The second kappa shape index (κ2) is 15.0. The SMILES string of the molecule is CCCCCCCCCCCCOC(=O)C[n+]1ccn(CCCC)c1. The standard InChI is InChI=1S/C21H39N2O2/c1-3-5-7-8-9-10-11-12-13-14-18-25-21(24)19-23-17-16-22(20-23)15-6-4-2/h16-17,20H,3-15,18-19H2,1-2H3/q+1. The highest BCUT2D eigenvalue weighted by atomic mass is 16.5. The van der Waals surface area contributed by atoms with Gasteiger partial charge in [-0.1, -0.05) is 78.1 Å². The fourth-order valence-corrected chi connectivity index (χ4v) is 2.98. The highest BCUT2D eigenvalue weighted by molar-refractivity contribution is 5.67. The predicted molar refractivity (Wildman–Crippen MR) is 102 cm³/mol. The molecule has 0 bridgehead atoms. The second-order valence-electron chi connectivity index (χ2n) is 7.08. The van der Waals surface area contributed by atoms with Gasteiger partial charge in [-0.2, -0.15) is 0 Å². The van der Waals surface area contributed by atoms with E-state index >= 15 is 0 Å². The minimum atomic E-state index is -0.130. The molecule has 0 saturated heterocycles. The van der Waals surface area contributed by atoms with Gasteiger partial charge in [0.25, 0.3) is 0 Å². The molecule has 0 aromatic carbocycles. The van der Waals surface area contributed by atoms with Crippen molar-refractivity contribution < 1.29 is 14.1 Å². The van der Waals surface area contributed by atoms with Crippen molar-refractivity contribution in [1.29, 1.82) is 0 Å². The third kappa shape index (κ3) is 11.8. The number of imidazole rings is 1. The van der Waals surface area contributed by atoms with E-state index in [1.54, 1.807) is 0 Å². The van der Waals surface area contributed by atoms with Crippen molar-refractivity contribution in [3.63, 3.8) is 0 Å².